The number of pyridine rings is 1. The van der Waals surface area contributed by atoms with Gasteiger partial charge < -0.3 is 0 Å². The Hall–Kier alpha value is -2.07. The summed E-state index contributed by atoms with van der Waals surface area (Å²) in [5.74, 6) is -1.22. The van der Waals surface area contributed by atoms with E-state index in [0.717, 1.165) is 12.1 Å². The first-order chi connectivity index (χ1) is 9.79. The highest BCUT2D eigenvalue weighted by atomic mass is 79.9. The Balaban J connectivity index is 2.35. The van der Waals surface area contributed by atoms with E-state index in [4.69, 9.17) is 0 Å². The van der Waals surface area contributed by atoms with E-state index in [-0.39, 0.29) is 5.82 Å². The van der Waals surface area contributed by atoms with Gasteiger partial charge in [-0.1, -0.05) is 0 Å². The molecule has 0 aliphatic rings. The summed E-state index contributed by atoms with van der Waals surface area (Å²) >= 11 is 3.14. The first kappa shape index (κ1) is 15.3. The van der Waals surface area contributed by atoms with E-state index in [2.05, 4.69) is 25.6 Å². The number of nitrogens with zero attached hydrogens (tertiary/aromatic N) is 2. The van der Waals surface area contributed by atoms with Crippen LogP contribution in [-0.4, -0.2) is 18.3 Å². The summed E-state index contributed by atoms with van der Waals surface area (Å²) < 4.78 is 40.5. The molecule has 0 saturated carbocycles. The lowest BCUT2D eigenvalue weighted by Crippen LogP contribution is -2.15. The molecule has 0 amide bonds. The van der Waals surface area contributed by atoms with E-state index in [9.17, 15) is 22.9 Å². The number of rotatable bonds is 4. The number of nitro groups is 1. The maximum Gasteiger partial charge on any atom is 0.272 e. The molecule has 0 saturated heterocycles. The van der Waals surface area contributed by atoms with Crippen LogP contribution in [0.25, 0.3) is 0 Å². The predicted molar refractivity (Wildman–Crippen MR) is 75.8 cm³/mol. The van der Waals surface area contributed by atoms with Gasteiger partial charge in [-0.15, -0.1) is 0 Å². The van der Waals surface area contributed by atoms with Gasteiger partial charge in [-0.25, -0.2) is 17.8 Å². The van der Waals surface area contributed by atoms with E-state index in [1.165, 1.54) is 12.3 Å². The third kappa shape index (κ3) is 3.52. The number of non-ortho nitro benzene ring substituents is 1. The lowest BCUT2D eigenvalue weighted by Gasteiger charge is -2.08. The quantitative estimate of drug-likeness (QED) is 0.653. The third-order valence-corrected chi connectivity index (χ3v) is 4.24. The van der Waals surface area contributed by atoms with Crippen molar-refractivity contribution in [1.29, 1.82) is 0 Å². The van der Waals surface area contributed by atoms with Crippen molar-refractivity contribution in [3.63, 3.8) is 0 Å². The van der Waals surface area contributed by atoms with Crippen LogP contribution in [0, 0.1) is 15.9 Å². The van der Waals surface area contributed by atoms with Crippen LogP contribution < -0.4 is 4.72 Å². The number of nitro benzene ring substituents is 1. The van der Waals surface area contributed by atoms with Crippen LogP contribution in [0.2, 0.25) is 0 Å². The molecule has 110 valence electrons. The zero-order chi connectivity index (χ0) is 15.6. The van der Waals surface area contributed by atoms with E-state index < -0.39 is 31.3 Å². The van der Waals surface area contributed by atoms with Crippen LogP contribution in [0.3, 0.4) is 0 Å². The number of hydrogen-bond acceptors (Lipinski definition) is 5. The topological polar surface area (TPSA) is 102 Å². The Kier molecular flexibility index (Phi) is 4.19. The second-order valence-electron chi connectivity index (χ2n) is 3.84. The molecular formula is C11H7BrFN3O4S. The van der Waals surface area contributed by atoms with Crippen LogP contribution in [0.15, 0.2) is 45.9 Å². The second kappa shape index (κ2) is 5.74. The summed E-state index contributed by atoms with van der Waals surface area (Å²) in [6.07, 6.45) is 1.37. The van der Waals surface area contributed by atoms with Crippen molar-refractivity contribution in [2.45, 2.75) is 4.90 Å². The average Bonchev–Trinajstić information content (AvgIpc) is 2.40. The highest BCUT2D eigenvalue weighted by Gasteiger charge is 2.22. The molecule has 0 atom stereocenters. The lowest BCUT2D eigenvalue weighted by atomic mass is 10.3. The van der Waals surface area contributed by atoms with Crippen molar-refractivity contribution < 1.29 is 17.7 Å². The molecule has 1 heterocycles. The molecule has 0 unspecified atom stereocenters. The van der Waals surface area contributed by atoms with Crippen LogP contribution >= 0.6 is 15.9 Å². The van der Waals surface area contributed by atoms with Crippen molar-refractivity contribution in [3.8, 4) is 0 Å². The van der Waals surface area contributed by atoms with Gasteiger partial charge in [0.2, 0.25) is 0 Å². The average molecular weight is 376 g/mol. The molecule has 1 N–H and O–H groups in total. The molecule has 2 aromatic rings. The summed E-state index contributed by atoms with van der Waals surface area (Å²) in [7, 11) is -4.22. The van der Waals surface area contributed by atoms with Gasteiger partial charge in [-0.2, -0.15) is 0 Å². The molecule has 10 heteroatoms. The van der Waals surface area contributed by atoms with E-state index in [1.807, 2.05) is 0 Å². The fraction of sp³-hybridized carbons (Fsp3) is 0. The summed E-state index contributed by atoms with van der Waals surface area (Å²) in [5.41, 5.74) is -0.534. The Morgan fingerprint density at radius 2 is 2.00 bits per heavy atom. The van der Waals surface area contributed by atoms with E-state index in [0.29, 0.717) is 10.5 Å². The number of sulfonamides is 1. The highest BCUT2D eigenvalue weighted by Crippen LogP contribution is 2.22. The molecule has 0 aliphatic carbocycles. The fourth-order valence-electron chi connectivity index (χ4n) is 1.45. The molecule has 0 spiro atoms. The van der Waals surface area contributed by atoms with Gasteiger partial charge in [0.15, 0.2) is 5.82 Å². The highest BCUT2D eigenvalue weighted by molar-refractivity contribution is 9.10. The van der Waals surface area contributed by atoms with Crippen molar-refractivity contribution in [2.75, 3.05) is 4.72 Å². The molecular weight excluding hydrogens is 369 g/mol. The van der Waals surface area contributed by atoms with Gasteiger partial charge in [-0.3, -0.25) is 14.8 Å². The number of benzene rings is 1. The summed E-state index contributed by atoms with van der Waals surface area (Å²) in [6.45, 7) is 0. The molecule has 0 fully saturated rings. The molecule has 21 heavy (non-hydrogen) atoms. The summed E-state index contributed by atoms with van der Waals surface area (Å²) in [4.78, 5) is 12.8. The smallest absolute Gasteiger partial charge is 0.263 e. The van der Waals surface area contributed by atoms with E-state index >= 15 is 0 Å². The van der Waals surface area contributed by atoms with Crippen LogP contribution in [0.1, 0.15) is 0 Å². The van der Waals surface area contributed by atoms with Gasteiger partial charge in [0.05, 0.1) is 11.0 Å². The maximum atomic E-state index is 13.7. The number of nitrogens with one attached hydrogen (secondary N) is 1. The zero-order valence-electron chi connectivity index (χ0n) is 10.2. The van der Waals surface area contributed by atoms with Crippen molar-refractivity contribution >= 4 is 37.5 Å². The Labute approximate surface area is 127 Å². The lowest BCUT2D eigenvalue weighted by molar-refractivity contribution is -0.385. The van der Waals surface area contributed by atoms with Gasteiger partial charge >= 0.3 is 0 Å². The van der Waals surface area contributed by atoms with Gasteiger partial charge in [0.25, 0.3) is 15.7 Å². The Bertz CT molecular complexity index is 796. The van der Waals surface area contributed by atoms with Crippen LogP contribution in [-0.2, 0) is 10.0 Å². The minimum atomic E-state index is -4.22. The minimum Gasteiger partial charge on any atom is -0.263 e. The molecule has 7 nitrogen and oxygen atoms in total. The minimum absolute atomic E-state index is 0.00375. The SMILES string of the molecule is O=[N+]([O-])c1ccc(S(=O)(=O)Nc2ccc(Br)cn2)c(F)c1. The molecule has 0 radical (unpaired) electrons. The number of hydrogen-bond donors (Lipinski definition) is 1. The van der Waals surface area contributed by atoms with Crippen molar-refractivity contribution in [3.05, 3.63) is 56.9 Å². The Morgan fingerprint density at radius 1 is 1.29 bits per heavy atom. The van der Waals surface area contributed by atoms with E-state index in [1.54, 1.807) is 6.07 Å². The largest absolute Gasteiger partial charge is 0.272 e. The van der Waals surface area contributed by atoms with Gasteiger partial charge in [0, 0.05) is 16.7 Å². The molecule has 1 aromatic carbocycles. The third-order valence-electron chi connectivity index (χ3n) is 2.38. The number of anilines is 1. The van der Waals surface area contributed by atoms with Gasteiger partial charge in [0.1, 0.15) is 10.7 Å². The van der Waals surface area contributed by atoms with Crippen molar-refractivity contribution in [1.82, 2.24) is 4.98 Å². The van der Waals surface area contributed by atoms with Crippen molar-refractivity contribution in [2.24, 2.45) is 0 Å². The number of aromatic nitrogens is 1. The first-order valence-electron chi connectivity index (χ1n) is 5.38. The molecule has 2 rings (SSSR count). The summed E-state index contributed by atoms with van der Waals surface area (Å²) in [6, 6.07) is 5.22. The molecule has 0 aliphatic heterocycles. The standard InChI is InChI=1S/C11H7BrFN3O4S/c12-7-1-4-11(14-6-7)15-21(19,20)10-3-2-8(16(17)18)5-9(10)13/h1-6H,(H,14,15). The normalized spacial score (nSPS) is 11.1. The predicted octanol–water partition coefficient (Wildman–Crippen LogP) is 2.69. The Morgan fingerprint density at radius 3 is 2.52 bits per heavy atom. The number of halogens is 2. The van der Waals surface area contributed by atoms with Crippen LogP contribution in [0.4, 0.5) is 15.9 Å². The molecule has 0 bridgehead atoms. The zero-order valence-corrected chi connectivity index (χ0v) is 12.6. The fourth-order valence-corrected chi connectivity index (χ4v) is 2.75. The maximum absolute atomic E-state index is 13.7. The van der Waals surface area contributed by atoms with Crippen LogP contribution in [0.5, 0.6) is 0 Å². The molecule has 1 aromatic heterocycles. The second-order valence-corrected chi connectivity index (χ2v) is 6.41. The summed E-state index contributed by atoms with van der Waals surface area (Å²) in [5, 5.41) is 10.5. The van der Waals surface area contributed by atoms with Gasteiger partial charge in [-0.05, 0) is 34.1 Å². The monoisotopic (exact) mass is 375 g/mol. The first-order valence-corrected chi connectivity index (χ1v) is 7.65.